The van der Waals surface area contributed by atoms with Crippen molar-refractivity contribution in [3.05, 3.63) is 0 Å². The molecule has 0 aliphatic rings. The van der Waals surface area contributed by atoms with Crippen LogP contribution >= 0.6 is 15.6 Å². The minimum absolute atomic E-state index is 0.107. The Kier molecular flexibility index (Phi) is 65.2. The lowest BCUT2D eigenvalue weighted by atomic mass is 9.99. The first-order valence-corrected chi connectivity index (χ1v) is 42.4. The topological polar surface area (TPSA) is 237 Å². The number of phosphoric acid groups is 2. The van der Waals surface area contributed by atoms with Gasteiger partial charge in [0.15, 0.2) is 12.2 Å². The number of aliphatic hydroxyl groups is 1. The molecule has 0 aromatic rings. The zero-order valence-electron chi connectivity index (χ0n) is 62.1. The third-order valence-electron chi connectivity index (χ3n) is 18.0. The number of esters is 4. The smallest absolute Gasteiger partial charge is 0.462 e. The summed E-state index contributed by atoms with van der Waals surface area (Å²) in [7, 11) is -9.91. The van der Waals surface area contributed by atoms with E-state index in [1.807, 2.05) is 0 Å². The first-order valence-electron chi connectivity index (χ1n) is 39.4. The van der Waals surface area contributed by atoms with E-state index in [1.54, 1.807) is 0 Å². The lowest BCUT2D eigenvalue weighted by Crippen LogP contribution is -2.30. The Morgan fingerprint density at radius 1 is 0.305 bits per heavy atom. The molecule has 0 heterocycles. The highest BCUT2D eigenvalue weighted by molar-refractivity contribution is 7.47. The summed E-state index contributed by atoms with van der Waals surface area (Å²) in [4.78, 5) is 72.8. The second kappa shape index (κ2) is 66.6. The number of aliphatic hydroxyl groups excluding tert-OH is 1. The van der Waals surface area contributed by atoms with Gasteiger partial charge in [0.1, 0.15) is 19.3 Å². The maximum atomic E-state index is 13.1. The van der Waals surface area contributed by atoms with Gasteiger partial charge in [-0.1, -0.05) is 337 Å². The van der Waals surface area contributed by atoms with Gasteiger partial charge >= 0.3 is 39.5 Å². The molecule has 564 valence electrons. The Morgan fingerprint density at radius 3 is 0.800 bits per heavy atom. The number of rotatable bonds is 74. The van der Waals surface area contributed by atoms with Crippen molar-refractivity contribution in [2.24, 2.45) is 17.8 Å². The van der Waals surface area contributed by atoms with E-state index in [1.165, 1.54) is 199 Å². The fraction of sp³-hybridized carbons (Fsp3) is 0.947. The Bertz CT molecular complexity index is 1850. The van der Waals surface area contributed by atoms with Crippen LogP contribution in [0.4, 0.5) is 0 Å². The van der Waals surface area contributed by atoms with E-state index in [4.69, 9.17) is 37.0 Å². The Labute approximate surface area is 581 Å². The van der Waals surface area contributed by atoms with Crippen molar-refractivity contribution in [2.75, 3.05) is 39.6 Å². The average molecular weight is 1400 g/mol. The third-order valence-corrected chi connectivity index (χ3v) is 19.9. The second-order valence-corrected chi connectivity index (χ2v) is 31.5. The van der Waals surface area contributed by atoms with E-state index in [0.29, 0.717) is 25.7 Å². The largest absolute Gasteiger partial charge is 0.472 e. The van der Waals surface area contributed by atoms with E-state index in [9.17, 15) is 43.2 Å². The van der Waals surface area contributed by atoms with Gasteiger partial charge in [-0.05, 0) is 43.4 Å². The van der Waals surface area contributed by atoms with Gasteiger partial charge < -0.3 is 33.8 Å². The summed E-state index contributed by atoms with van der Waals surface area (Å²) in [6.45, 7) is 11.9. The van der Waals surface area contributed by atoms with Gasteiger partial charge in [0.05, 0.1) is 26.4 Å². The molecule has 0 fully saturated rings. The Balaban J connectivity index is 5.25. The minimum atomic E-state index is -4.96. The molecule has 0 aromatic carbocycles. The highest BCUT2D eigenvalue weighted by Gasteiger charge is 2.30. The predicted molar refractivity (Wildman–Crippen MR) is 386 cm³/mol. The Hall–Kier alpha value is -1.94. The lowest BCUT2D eigenvalue weighted by molar-refractivity contribution is -0.161. The van der Waals surface area contributed by atoms with Crippen molar-refractivity contribution < 1.29 is 80.2 Å². The first kappa shape index (κ1) is 93.1. The van der Waals surface area contributed by atoms with Crippen LogP contribution in [0, 0.1) is 17.8 Å². The number of hydrogen-bond donors (Lipinski definition) is 3. The second-order valence-electron chi connectivity index (χ2n) is 28.6. The molecule has 0 aliphatic heterocycles. The summed E-state index contributed by atoms with van der Waals surface area (Å²) >= 11 is 0. The van der Waals surface area contributed by atoms with E-state index in [-0.39, 0.29) is 25.7 Å². The molecule has 6 atom stereocenters. The minimum Gasteiger partial charge on any atom is -0.462 e. The molecule has 0 saturated heterocycles. The maximum Gasteiger partial charge on any atom is 0.472 e. The van der Waals surface area contributed by atoms with Crippen LogP contribution in [0.1, 0.15) is 389 Å². The number of carbonyl (C=O) groups excluding carboxylic acids is 4. The van der Waals surface area contributed by atoms with Crippen LogP contribution in [0.5, 0.6) is 0 Å². The van der Waals surface area contributed by atoms with Crippen molar-refractivity contribution in [1.82, 2.24) is 0 Å². The van der Waals surface area contributed by atoms with Crippen molar-refractivity contribution >= 4 is 39.5 Å². The molecule has 0 saturated carbocycles. The number of ether oxygens (including phenoxy) is 4. The summed E-state index contributed by atoms with van der Waals surface area (Å²) < 4.78 is 68.5. The highest BCUT2D eigenvalue weighted by Crippen LogP contribution is 2.45. The molecule has 0 spiro atoms. The van der Waals surface area contributed by atoms with Crippen LogP contribution in [-0.2, 0) is 65.4 Å². The van der Waals surface area contributed by atoms with Crippen molar-refractivity contribution in [2.45, 2.75) is 407 Å². The van der Waals surface area contributed by atoms with Gasteiger partial charge in [-0.2, -0.15) is 0 Å². The van der Waals surface area contributed by atoms with Crippen molar-refractivity contribution in [3.8, 4) is 0 Å². The van der Waals surface area contributed by atoms with E-state index in [0.717, 1.165) is 108 Å². The van der Waals surface area contributed by atoms with Crippen LogP contribution in [0.2, 0.25) is 0 Å². The van der Waals surface area contributed by atoms with Gasteiger partial charge in [-0.25, -0.2) is 9.13 Å². The lowest BCUT2D eigenvalue weighted by Gasteiger charge is -2.21. The fourth-order valence-electron chi connectivity index (χ4n) is 11.6. The molecule has 19 heteroatoms. The predicted octanol–water partition coefficient (Wildman–Crippen LogP) is 22.2. The first-order chi connectivity index (χ1) is 45.8. The van der Waals surface area contributed by atoms with Crippen molar-refractivity contribution in [1.29, 1.82) is 0 Å². The van der Waals surface area contributed by atoms with Gasteiger partial charge in [0.25, 0.3) is 0 Å². The van der Waals surface area contributed by atoms with Crippen molar-refractivity contribution in [3.63, 3.8) is 0 Å². The van der Waals surface area contributed by atoms with Crippen LogP contribution in [0.25, 0.3) is 0 Å². The zero-order valence-corrected chi connectivity index (χ0v) is 63.9. The summed E-state index contributed by atoms with van der Waals surface area (Å²) in [5, 5.41) is 10.6. The highest BCUT2D eigenvalue weighted by atomic mass is 31.2. The quantitative estimate of drug-likeness (QED) is 0.0222. The van der Waals surface area contributed by atoms with Gasteiger partial charge in [0, 0.05) is 25.7 Å². The maximum absolute atomic E-state index is 13.1. The number of phosphoric ester groups is 2. The monoisotopic (exact) mass is 1400 g/mol. The molecule has 0 radical (unpaired) electrons. The molecule has 0 amide bonds. The standard InChI is InChI=1S/C76H148O17P2/c1-8-10-11-12-13-14-15-18-22-29-38-45-52-59-75(80)93-72(64-87-74(79)58-51-44-37-32-31-34-41-48-55-68(5)6)66-91-95(84,85)89-62-70(77)61-88-94(82,83)90-65-71(63-86-73(78)57-50-43-36-28-25-24-26-33-40-47-54-67(3)4)92-76(81)60-53-46-39-30-23-20-17-16-19-21-27-35-42-49-56-69(7)9-2/h67-72,77H,8-66H2,1-7H3,(H,82,83)(H,84,85)/t69?,70-,71-,72-/m1/s1. The molecule has 0 aliphatic carbocycles. The summed E-state index contributed by atoms with van der Waals surface area (Å²) in [6.07, 6.45) is 52.6. The van der Waals surface area contributed by atoms with Crippen LogP contribution in [-0.4, -0.2) is 96.7 Å². The van der Waals surface area contributed by atoms with E-state index >= 15 is 0 Å². The van der Waals surface area contributed by atoms with Gasteiger partial charge in [0.2, 0.25) is 0 Å². The molecule has 95 heavy (non-hydrogen) atoms. The van der Waals surface area contributed by atoms with Gasteiger partial charge in [-0.3, -0.25) is 37.3 Å². The molecule has 3 unspecified atom stereocenters. The molecular weight excluding hydrogens is 1250 g/mol. The SMILES string of the molecule is CCCCCCCCCCCCCCCC(=O)O[C@H](COC(=O)CCCCCCCCCCC(C)C)COP(=O)(O)OC[C@H](O)COP(=O)(O)OC[C@@H](COC(=O)CCCCCCCCCCCCC(C)C)OC(=O)CCCCCCCCCCCCCCCCC(C)CC. The zero-order chi connectivity index (χ0) is 70.1. The van der Waals surface area contributed by atoms with Crippen LogP contribution in [0.3, 0.4) is 0 Å². The van der Waals surface area contributed by atoms with Crippen LogP contribution < -0.4 is 0 Å². The average Bonchev–Trinajstić information content (AvgIpc) is 2.97. The fourth-order valence-corrected chi connectivity index (χ4v) is 13.1. The molecule has 0 rings (SSSR count). The summed E-state index contributed by atoms with van der Waals surface area (Å²) in [6, 6.07) is 0. The molecule has 3 N–H and O–H groups in total. The molecule has 0 aromatic heterocycles. The van der Waals surface area contributed by atoms with E-state index < -0.39 is 97.5 Å². The van der Waals surface area contributed by atoms with Crippen LogP contribution in [0.15, 0.2) is 0 Å². The molecular formula is C76H148O17P2. The number of hydrogen-bond acceptors (Lipinski definition) is 15. The molecule has 0 bridgehead atoms. The molecule has 17 nitrogen and oxygen atoms in total. The summed E-state index contributed by atoms with van der Waals surface area (Å²) in [5.74, 6) is 0.214. The number of carbonyl (C=O) groups is 4. The van der Waals surface area contributed by atoms with E-state index in [2.05, 4.69) is 48.5 Å². The normalized spacial score (nSPS) is 14.4. The number of unbranched alkanes of at least 4 members (excludes halogenated alkanes) is 41. The summed E-state index contributed by atoms with van der Waals surface area (Å²) in [5.41, 5.74) is 0. The third kappa shape index (κ3) is 69.0. The van der Waals surface area contributed by atoms with Gasteiger partial charge in [-0.15, -0.1) is 0 Å². The Morgan fingerprint density at radius 2 is 0.537 bits per heavy atom.